The second-order valence-electron chi connectivity index (χ2n) is 4.93. The first-order valence-corrected chi connectivity index (χ1v) is 7.85. The zero-order valence-electron chi connectivity index (χ0n) is 12.4. The number of amides is 1. The highest BCUT2D eigenvalue weighted by Crippen LogP contribution is 2.20. The molecule has 3 aromatic rings. The number of aromatic hydroxyl groups is 1. The van der Waals surface area contributed by atoms with Crippen LogP contribution < -0.4 is 5.43 Å². The van der Waals surface area contributed by atoms with E-state index in [1.54, 1.807) is 30.3 Å². The number of hydrogen-bond acceptors (Lipinski definition) is 4. The van der Waals surface area contributed by atoms with Crippen LogP contribution in [0.25, 0.3) is 11.3 Å². The fourth-order valence-corrected chi connectivity index (χ4v) is 2.29. The van der Waals surface area contributed by atoms with E-state index in [1.165, 1.54) is 6.21 Å². The fourth-order valence-electron chi connectivity index (χ4n) is 2.02. The van der Waals surface area contributed by atoms with Crippen molar-refractivity contribution < 1.29 is 9.90 Å². The van der Waals surface area contributed by atoms with Gasteiger partial charge < -0.3 is 5.11 Å². The summed E-state index contributed by atoms with van der Waals surface area (Å²) in [6.45, 7) is 0. The molecule has 0 fully saturated rings. The van der Waals surface area contributed by atoms with Crippen LogP contribution in [0.3, 0.4) is 0 Å². The molecule has 0 aliphatic heterocycles. The van der Waals surface area contributed by atoms with Crippen molar-refractivity contribution in [2.75, 3.05) is 0 Å². The Kier molecular flexibility index (Phi) is 4.72. The number of benzene rings is 2. The number of hydrogen-bond donors (Lipinski definition) is 3. The van der Waals surface area contributed by atoms with E-state index < -0.39 is 5.91 Å². The van der Waals surface area contributed by atoms with E-state index in [4.69, 9.17) is 0 Å². The van der Waals surface area contributed by atoms with Crippen LogP contribution in [0.5, 0.6) is 5.75 Å². The van der Waals surface area contributed by atoms with Crippen molar-refractivity contribution in [1.82, 2.24) is 15.6 Å². The number of carbonyl (C=O) groups excluding carboxylic acids is 1. The van der Waals surface area contributed by atoms with Gasteiger partial charge in [-0.05, 0) is 30.3 Å². The minimum Gasteiger partial charge on any atom is -0.507 e. The van der Waals surface area contributed by atoms with Crippen LogP contribution in [0.15, 0.2) is 64.2 Å². The molecular formula is C17H13BrN4O2. The number of carbonyl (C=O) groups is 1. The minimum atomic E-state index is -0.419. The van der Waals surface area contributed by atoms with Gasteiger partial charge in [0.25, 0.3) is 5.91 Å². The maximum Gasteiger partial charge on any atom is 0.289 e. The van der Waals surface area contributed by atoms with Crippen LogP contribution in [0, 0.1) is 0 Å². The molecule has 3 N–H and O–H groups in total. The molecule has 6 nitrogen and oxygen atoms in total. The zero-order chi connectivity index (χ0) is 16.9. The molecular weight excluding hydrogens is 372 g/mol. The number of hydrazone groups is 1. The number of nitrogens with one attached hydrogen (secondary N) is 2. The van der Waals surface area contributed by atoms with E-state index in [0.717, 1.165) is 10.0 Å². The topological polar surface area (TPSA) is 90.4 Å². The maximum atomic E-state index is 12.1. The fraction of sp³-hybridized carbons (Fsp3) is 0. The van der Waals surface area contributed by atoms with Crippen molar-refractivity contribution in [2.45, 2.75) is 0 Å². The van der Waals surface area contributed by atoms with E-state index in [2.05, 4.69) is 36.7 Å². The quantitative estimate of drug-likeness (QED) is 0.476. The van der Waals surface area contributed by atoms with Gasteiger partial charge in [0.15, 0.2) is 0 Å². The molecule has 0 atom stereocenters. The van der Waals surface area contributed by atoms with Crippen LogP contribution in [0.4, 0.5) is 0 Å². The predicted octanol–water partition coefficient (Wildman–Crippen LogP) is 3.31. The molecule has 0 bridgehead atoms. The summed E-state index contributed by atoms with van der Waals surface area (Å²) in [7, 11) is 0. The molecule has 2 aromatic carbocycles. The highest BCUT2D eigenvalue weighted by Gasteiger charge is 2.10. The van der Waals surface area contributed by atoms with Crippen molar-refractivity contribution in [3.8, 4) is 17.0 Å². The SMILES string of the molecule is O=C(N/N=C/c1ccccc1O)c1cc(-c2ccc(Br)cc2)n[nH]1. The maximum absolute atomic E-state index is 12.1. The van der Waals surface area contributed by atoms with Crippen molar-refractivity contribution in [3.63, 3.8) is 0 Å². The Balaban J connectivity index is 1.68. The van der Waals surface area contributed by atoms with Gasteiger partial charge in [0.1, 0.15) is 11.4 Å². The number of nitrogens with zero attached hydrogens (tertiary/aromatic N) is 2. The Labute approximate surface area is 146 Å². The first kappa shape index (κ1) is 15.9. The zero-order valence-corrected chi connectivity index (χ0v) is 14.0. The van der Waals surface area contributed by atoms with Crippen molar-refractivity contribution in [2.24, 2.45) is 5.10 Å². The van der Waals surface area contributed by atoms with Crippen molar-refractivity contribution >= 4 is 28.1 Å². The van der Waals surface area contributed by atoms with Crippen molar-refractivity contribution in [3.05, 3.63) is 70.3 Å². The molecule has 0 saturated carbocycles. The van der Waals surface area contributed by atoms with Gasteiger partial charge in [-0.25, -0.2) is 5.43 Å². The first-order chi connectivity index (χ1) is 11.6. The lowest BCUT2D eigenvalue weighted by Gasteiger charge is -1.98. The molecule has 7 heteroatoms. The number of aromatic amines is 1. The molecule has 24 heavy (non-hydrogen) atoms. The highest BCUT2D eigenvalue weighted by atomic mass is 79.9. The summed E-state index contributed by atoms with van der Waals surface area (Å²) in [6, 6.07) is 16.0. The van der Waals surface area contributed by atoms with Gasteiger partial charge in [-0.1, -0.05) is 40.2 Å². The second kappa shape index (κ2) is 7.10. The van der Waals surface area contributed by atoms with Gasteiger partial charge in [-0.2, -0.15) is 10.2 Å². The summed E-state index contributed by atoms with van der Waals surface area (Å²) >= 11 is 3.37. The Morgan fingerprint density at radius 3 is 2.71 bits per heavy atom. The molecule has 0 aliphatic carbocycles. The van der Waals surface area contributed by atoms with E-state index >= 15 is 0 Å². The number of H-pyrrole nitrogens is 1. The highest BCUT2D eigenvalue weighted by molar-refractivity contribution is 9.10. The number of phenolic OH excluding ortho intramolecular Hbond substituents is 1. The van der Waals surface area contributed by atoms with Gasteiger partial charge in [-0.15, -0.1) is 0 Å². The van der Waals surface area contributed by atoms with Gasteiger partial charge in [0.05, 0.1) is 11.9 Å². The molecule has 0 unspecified atom stereocenters. The Hall–Kier alpha value is -2.93. The van der Waals surface area contributed by atoms with E-state index in [-0.39, 0.29) is 5.75 Å². The summed E-state index contributed by atoms with van der Waals surface area (Å²) in [5.74, 6) is -0.327. The normalized spacial score (nSPS) is 10.9. The van der Waals surface area contributed by atoms with E-state index in [1.807, 2.05) is 24.3 Å². The molecule has 0 aliphatic rings. The van der Waals surface area contributed by atoms with Crippen LogP contribution in [-0.2, 0) is 0 Å². The van der Waals surface area contributed by atoms with Crippen LogP contribution in [-0.4, -0.2) is 27.4 Å². The lowest BCUT2D eigenvalue weighted by Crippen LogP contribution is -2.18. The third-order valence-electron chi connectivity index (χ3n) is 3.27. The number of aromatic nitrogens is 2. The lowest BCUT2D eigenvalue weighted by atomic mass is 10.1. The summed E-state index contributed by atoms with van der Waals surface area (Å²) in [5.41, 5.74) is 4.75. The number of rotatable bonds is 4. The van der Waals surface area contributed by atoms with E-state index in [9.17, 15) is 9.90 Å². The number of halogens is 1. The number of phenols is 1. The standard InChI is InChI=1S/C17H13BrN4O2/c18-13-7-5-11(6-8-13)14-9-15(21-20-14)17(24)22-19-10-12-3-1-2-4-16(12)23/h1-10,23H,(H,20,21)(H,22,24)/b19-10+. The molecule has 0 spiro atoms. The molecule has 0 saturated heterocycles. The van der Waals surface area contributed by atoms with Gasteiger partial charge >= 0.3 is 0 Å². The monoisotopic (exact) mass is 384 g/mol. The van der Waals surface area contributed by atoms with E-state index in [0.29, 0.717) is 17.0 Å². The summed E-state index contributed by atoms with van der Waals surface area (Å²) in [4.78, 5) is 12.1. The van der Waals surface area contributed by atoms with Crippen LogP contribution in [0.1, 0.15) is 16.1 Å². The third-order valence-corrected chi connectivity index (χ3v) is 3.80. The predicted molar refractivity (Wildman–Crippen MR) is 94.9 cm³/mol. The van der Waals surface area contributed by atoms with Crippen LogP contribution >= 0.6 is 15.9 Å². The van der Waals surface area contributed by atoms with Crippen LogP contribution in [0.2, 0.25) is 0 Å². The van der Waals surface area contributed by atoms with Gasteiger partial charge in [0, 0.05) is 15.6 Å². The number of para-hydroxylation sites is 1. The third kappa shape index (κ3) is 3.69. The average Bonchev–Trinajstić information content (AvgIpc) is 3.07. The Bertz CT molecular complexity index is 888. The Morgan fingerprint density at radius 1 is 1.21 bits per heavy atom. The van der Waals surface area contributed by atoms with Gasteiger partial charge in [0.2, 0.25) is 0 Å². The van der Waals surface area contributed by atoms with Gasteiger partial charge in [-0.3, -0.25) is 9.89 Å². The smallest absolute Gasteiger partial charge is 0.289 e. The molecule has 1 amide bonds. The second-order valence-corrected chi connectivity index (χ2v) is 5.85. The average molecular weight is 385 g/mol. The molecule has 0 radical (unpaired) electrons. The summed E-state index contributed by atoms with van der Waals surface area (Å²) in [5, 5.41) is 20.3. The minimum absolute atomic E-state index is 0.0922. The molecule has 3 rings (SSSR count). The molecule has 120 valence electrons. The largest absolute Gasteiger partial charge is 0.507 e. The molecule has 1 aromatic heterocycles. The summed E-state index contributed by atoms with van der Waals surface area (Å²) < 4.78 is 0.971. The summed E-state index contributed by atoms with van der Waals surface area (Å²) in [6.07, 6.45) is 1.37. The molecule has 1 heterocycles. The first-order valence-electron chi connectivity index (χ1n) is 7.06. The van der Waals surface area contributed by atoms with Crippen molar-refractivity contribution in [1.29, 1.82) is 0 Å². The Morgan fingerprint density at radius 2 is 1.96 bits per heavy atom. The lowest BCUT2D eigenvalue weighted by molar-refractivity contribution is 0.0950.